The van der Waals surface area contributed by atoms with Crippen LogP contribution >= 0.6 is 31.9 Å². The standard InChI is InChI=1S/C13H16Br2FNO/c1-8(2)6-9(14)7-17-13(18)12-10(15)4-3-5-11(12)16/h3-5,8-9H,6-7H2,1-2H3,(H,17,18). The zero-order valence-electron chi connectivity index (χ0n) is 10.3. The summed E-state index contributed by atoms with van der Waals surface area (Å²) >= 11 is 6.68. The fourth-order valence-corrected chi connectivity index (χ4v) is 3.03. The lowest BCUT2D eigenvalue weighted by Crippen LogP contribution is -2.31. The fraction of sp³-hybridized carbons (Fsp3) is 0.462. The van der Waals surface area contributed by atoms with E-state index >= 15 is 0 Å². The SMILES string of the molecule is CC(C)CC(Br)CNC(=O)c1c(F)cccc1Br. The fourth-order valence-electron chi connectivity index (χ4n) is 1.60. The van der Waals surface area contributed by atoms with Crippen molar-refractivity contribution in [2.75, 3.05) is 6.54 Å². The van der Waals surface area contributed by atoms with Crippen molar-refractivity contribution in [2.45, 2.75) is 25.1 Å². The van der Waals surface area contributed by atoms with Crippen molar-refractivity contribution in [3.05, 3.63) is 34.1 Å². The smallest absolute Gasteiger partial charge is 0.255 e. The normalized spacial score (nSPS) is 12.6. The molecule has 0 fully saturated rings. The molecule has 0 aliphatic rings. The van der Waals surface area contributed by atoms with Gasteiger partial charge in [0.25, 0.3) is 5.91 Å². The number of rotatable bonds is 5. The van der Waals surface area contributed by atoms with Gasteiger partial charge in [0.05, 0.1) is 5.56 Å². The summed E-state index contributed by atoms with van der Waals surface area (Å²) in [7, 11) is 0. The summed E-state index contributed by atoms with van der Waals surface area (Å²) in [5, 5.41) is 2.73. The topological polar surface area (TPSA) is 29.1 Å². The van der Waals surface area contributed by atoms with Gasteiger partial charge in [-0.2, -0.15) is 0 Å². The zero-order valence-corrected chi connectivity index (χ0v) is 13.5. The van der Waals surface area contributed by atoms with Crippen molar-refractivity contribution < 1.29 is 9.18 Å². The number of nitrogens with one attached hydrogen (secondary N) is 1. The third kappa shape index (κ3) is 4.69. The van der Waals surface area contributed by atoms with E-state index in [2.05, 4.69) is 51.0 Å². The van der Waals surface area contributed by atoms with Crippen LogP contribution in [0.15, 0.2) is 22.7 Å². The van der Waals surface area contributed by atoms with Crippen LogP contribution in [0, 0.1) is 11.7 Å². The number of hydrogen-bond acceptors (Lipinski definition) is 1. The zero-order chi connectivity index (χ0) is 13.7. The Hall–Kier alpha value is -0.420. The van der Waals surface area contributed by atoms with Crippen LogP contribution in [0.25, 0.3) is 0 Å². The highest BCUT2D eigenvalue weighted by atomic mass is 79.9. The van der Waals surface area contributed by atoms with Crippen molar-refractivity contribution in [1.82, 2.24) is 5.32 Å². The average molecular weight is 381 g/mol. The van der Waals surface area contributed by atoms with Gasteiger partial charge < -0.3 is 5.32 Å². The molecule has 2 nitrogen and oxygen atoms in total. The molecular weight excluding hydrogens is 365 g/mol. The number of alkyl halides is 1. The minimum absolute atomic E-state index is 0.0572. The number of amides is 1. The predicted molar refractivity (Wildman–Crippen MR) is 78.6 cm³/mol. The van der Waals surface area contributed by atoms with Crippen LogP contribution < -0.4 is 5.32 Å². The Morgan fingerprint density at radius 2 is 2.11 bits per heavy atom. The minimum Gasteiger partial charge on any atom is -0.351 e. The van der Waals surface area contributed by atoms with Gasteiger partial charge in [-0.15, -0.1) is 0 Å². The quantitative estimate of drug-likeness (QED) is 0.764. The second kappa shape index (κ2) is 7.24. The first kappa shape index (κ1) is 15.6. The lowest BCUT2D eigenvalue weighted by atomic mass is 10.1. The molecular formula is C13H16Br2FNO. The van der Waals surface area contributed by atoms with E-state index in [4.69, 9.17) is 0 Å². The maximum Gasteiger partial charge on any atom is 0.255 e. The number of benzene rings is 1. The molecule has 0 saturated heterocycles. The number of carbonyl (C=O) groups is 1. The molecule has 1 atom stereocenters. The highest BCUT2D eigenvalue weighted by Crippen LogP contribution is 2.19. The van der Waals surface area contributed by atoms with Crippen LogP contribution in [0.4, 0.5) is 4.39 Å². The summed E-state index contributed by atoms with van der Waals surface area (Å²) in [5.41, 5.74) is 0.0572. The highest BCUT2D eigenvalue weighted by molar-refractivity contribution is 9.10. The molecule has 1 aromatic rings. The van der Waals surface area contributed by atoms with Crippen molar-refractivity contribution in [3.8, 4) is 0 Å². The Morgan fingerprint density at radius 3 is 2.67 bits per heavy atom. The first-order valence-corrected chi connectivity index (χ1v) is 7.49. The van der Waals surface area contributed by atoms with E-state index < -0.39 is 11.7 Å². The molecule has 0 aliphatic heterocycles. The molecule has 0 heterocycles. The number of halogens is 3. The summed E-state index contributed by atoms with van der Waals surface area (Å²) in [6.07, 6.45) is 0.957. The van der Waals surface area contributed by atoms with Crippen molar-refractivity contribution in [2.24, 2.45) is 5.92 Å². The van der Waals surface area contributed by atoms with Gasteiger partial charge in [-0.25, -0.2) is 4.39 Å². The third-order valence-corrected chi connectivity index (χ3v) is 3.76. The molecule has 100 valence electrons. The molecule has 5 heteroatoms. The molecule has 18 heavy (non-hydrogen) atoms. The Balaban J connectivity index is 2.61. The molecule has 0 bridgehead atoms. The van der Waals surface area contributed by atoms with Gasteiger partial charge in [0, 0.05) is 15.8 Å². The van der Waals surface area contributed by atoms with E-state index in [0.29, 0.717) is 16.9 Å². The minimum atomic E-state index is -0.517. The van der Waals surface area contributed by atoms with Gasteiger partial charge in [-0.1, -0.05) is 35.8 Å². The largest absolute Gasteiger partial charge is 0.351 e. The van der Waals surface area contributed by atoms with Crippen molar-refractivity contribution in [3.63, 3.8) is 0 Å². The predicted octanol–water partition coefficient (Wildman–Crippen LogP) is 4.13. The van der Waals surface area contributed by atoms with Crippen LogP contribution in [0.3, 0.4) is 0 Å². The summed E-state index contributed by atoms with van der Waals surface area (Å²) in [5.74, 6) is -0.364. The molecule has 0 saturated carbocycles. The van der Waals surface area contributed by atoms with E-state index in [1.54, 1.807) is 12.1 Å². The lowest BCUT2D eigenvalue weighted by molar-refractivity contribution is 0.0948. The van der Waals surface area contributed by atoms with Crippen LogP contribution in [0.5, 0.6) is 0 Å². The van der Waals surface area contributed by atoms with Crippen LogP contribution in [0.2, 0.25) is 0 Å². The first-order valence-electron chi connectivity index (χ1n) is 5.78. The summed E-state index contributed by atoms with van der Waals surface area (Å²) < 4.78 is 14.0. The molecule has 1 rings (SSSR count). The van der Waals surface area contributed by atoms with Crippen LogP contribution in [0.1, 0.15) is 30.6 Å². The maximum absolute atomic E-state index is 13.5. The molecule has 0 aliphatic carbocycles. The van der Waals surface area contributed by atoms with E-state index in [-0.39, 0.29) is 10.4 Å². The summed E-state index contributed by atoms with van der Waals surface area (Å²) in [6.45, 7) is 4.71. The summed E-state index contributed by atoms with van der Waals surface area (Å²) in [4.78, 5) is 12.1. The molecule has 0 radical (unpaired) electrons. The van der Waals surface area contributed by atoms with Crippen LogP contribution in [-0.4, -0.2) is 17.3 Å². The van der Waals surface area contributed by atoms with E-state index in [0.717, 1.165) is 6.42 Å². The highest BCUT2D eigenvalue weighted by Gasteiger charge is 2.16. The molecule has 1 unspecified atom stereocenters. The van der Waals surface area contributed by atoms with Gasteiger partial charge in [0.2, 0.25) is 0 Å². The van der Waals surface area contributed by atoms with Crippen LogP contribution in [-0.2, 0) is 0 Å². The third-order valence-electron chi connectivity index (χ3n) is 2.40. The first-order chi connectivity index (χ1) is 8.41. The molecule has 1 N–H and O–H groups in total. The van der Waals surface area contributed by atoms with E-state index in [9.17, 15) is 9.18 Å². The Labute approximate surface area is 124 Å². The number of carbonyl (C=O) groups excluding carboxylic acids is 1. The molecule has 1 amide bonds. The number of hydrogen-bond donors (Lipinski definition) is 1. The van der Waals surface area contributed by atoms with Gasteiger partial charge in [-0.05, 0) is 40.4 Å². The van der Waals surface area contributed by atoms with E-state index in [1.165, 1.54) is 6.07 Å². The van der Waals surface area contributed by atoms with Crippen molar-refractivity contribution in [1.29, 1.82) is 0 Å². The molecule has 1 aromatic carbocycles. The van der Waals surface area contributed by atoms with Gasteiger partial charge in [0.15, 0.2) is 0 Å². The summed E-state index contributed by atoms with van der Waals surface area (Å²) in [6, 6.07) is 4.49. The van der Waals surface area contributed by atoms with Gasteiger partial charge in [0.1, 0.15) is 5.82 Å². The Kier molecular flexibility index (Phi) is 6.29. The van der Waals surface area contributed by atoms with Gasteiger partial charge >= 0.3 is 0 Å². The lowest BCUT2D eigenvalue weighted by Gasteiger charge is -2.14. The Morgan fingerprint density at radius 1 is 1.44 bits per heavy atom. The molecule has 0 aromatic heterocycles. The maximum atomic E-state index is 13.5. The van der Waals surface area contributed by atoms with Gasteiger partial charge in [-0.3, -0.25) is 4.79 Å². The van der Waals surface area contributed by atoms with E-state index in [1.807, 2.05) is 0 Å². The molecule has 0 spiro atoms. The van der Waals surface area contributed by atoms with Crippen molar-refractivity contribution >= 4 is 37.8 Å². The Bertz CT molecular complexity index is 403. The second-order valence-electron chi connectivity index (χ2n) is 4.53. The second-order valence-corrected chi connectivity index (χ2v) is 6.68. The monoisotopic (exact) mass is 379 g/mol. The average Bonchev–Trinajstić information content (AvgIpc) is 2.25.